The summed E-state index contributed by atoms with van der Waals surface area (Å²) >= 11 is 7.80. The van der Waals surface area contributed by atoms with E-state index in [2.05, 4.69) is 15.1 Å². The standard InChI is InChI=1S/C21H14ClFN4O2S/c22-20-14(8-11-7-12(23)5-6-15(11)24-20)17-9-16(13-3-1-2-4-18(13)28)26-27(17)21-25-19(29)10-30-21/h1-8,17,28H,9-10H2. The normalized spacial score (nSPS) is 18.8. The van der Waals surface area contributed by atoms with Crippen LogP contribution in [0.2, 0.25) is 5.15 Å². The zero-order valence-corrected chi connectivity index (χ0v) is 17.0. The van der Waals surface area contributed by atoms with Gasteiger partial charge in [-0.3, -0.25) is 4.79 Å². The quantitative estimate of drug-likeness (QED) is 0.593. The summed E-state index contributed by atoms with van der Waals surface area (Å²) in [5.41, 5.74) is 2.46. The highest BCUT2D eigenvalue weighted by molar-refractivity contribution is 8.14. The molecule has 0 spiro atoms. The van der Waals surface area contributed by atoms with Crippen LogP contribution in [0.4, 0.5) is 4.39 Å². The fourth-order valence-corrected chi connectivity index (χ4v) is 4.65. The van der Waals surface area contributed by atoms with Gasteiger partial charge in [0.05, 0.1) is 23.0 Å². The van der Waals surface area contributed by atoms with E-state index in [1.54, 1.807) is 35.3 Å². The second-order valence-corrected chi connectivity index (χ2v) is 8.21. The first kappa shape index (κ1) is 19.0. The molecule has 30 heavy (non-hydrogen) atoms. The number of halogens is 2. The number of aromatic hydroxyl groups is 1. The van der Waals surface area contributed by atoms with Gasteiger partial charge < -0.3 is 5.11 Å². The molecule has 0 aliphatic carbocycles. The van der Waals surface area contributed by atoms with Crippen molar-refractivity contribution in [1.29, 1.82) is 0 Å². The van der Waals surface area contributed by atoms with Crippen LogP contribution in [0.25, 0.3) is 10.9 Å². The molecule has 1 amide bonds. The number of nitrogens with zero attached hydrogens (tertiary/aromatic N) is 4. The Balaban J connectivity index is 1.62. The largest absolute Gasteiger partial charge is 0.507 e. The number of phenols is 1. The second-order valence-electron chi connectivity index (χ2n) is 6.91. The number of para-hydroxylation sites is 1. The molecule has 2 aliphatic heterocycles. The fourth-order valence-electron chi connectivity index (χ4n) is 3.60. The molecule has 3 heterocycles. The van der Waals surface area contributed by atoms with Crippen molar-refractivity contribution in [3.8, 4) is 5.75 Å². The maximum absolute atomic E-state index is 13.8. The molecular formula is C21H14ClFN4O2S. The third kappa shape index (κ3) is 3.32. The molecule has 9 heteroatoms. The molecule has 0 radical (unpaired) electrons. The molecule has 0 saturated heterocycles. The van der Waals surface area contributed by atoms with Crippen LogP contribution in [0.3, 0.4) is 0 Å². The maximum Gasteiger partial charge on any atom is 0.258 e. The summed E-state index contributed by atoms with van der Waals surface area (Å²) in [7, 11) is 0. The van der Waals surface area contributed by atoms with Crippen molar-refractivity contribution in [1.82, 2.24) is 9.99 Å². The lowest BCUT2D eigenvalue weighted by atomic mass is 9.98. The number of hydrazone groups is 1. The van der Waals surface area contributed by atoms with Crippen molar-refractivity contribution >= 4 is 51.1 Å². The molecule has 2 aliphatic rings. The van der Waals surface area contributed by atoms with Crippen LogP contribution >= 0.6 is 23.4 Å². The van der Waals surface area contributed by atoms with E-state index in [0.717, 1.165) is 0 Å². The Morgan fingerprint density at radius 3 is 2.80 bits per heavy atom. The Bertz CT molecular complexity index is 1260. The molecule has 0 saturated carbocycles. The van der Waals surface area contributed by atoms with Crippen LogP contribution in [-0.4, -0.2) is 37.6 Å². The highest BCUT2D eigenvalue weighted by Gasteiger charge is 2.36. The van der Waals surface area contributed by atoms with Gasteiger partial charge in [0, 0.05) is 22.9 Å². The van der Waals surface area contributed by atoms with Crippen LogP contribution in [0.15, 0.2) is 58.6 Å². The first-order valence-corrected chi connectivity index (χ1v) is 10.5. The SMILES string of the molecule is O=C1CSC(N2N=C(c3ccccc3O)CC2c2cc3cc(F)ccc3nc2Cl)=N1. The van der Waals surface area contributed by atoms with Crippen molar-refractivity contribution in [2.24, 2.45) is 10.1 Å². The number of benzene rings is 2. The van der Waals surface area contributed by atoms with Crippen molar-refractivity contribution in [2.75, 3.05) is 5.75 Å². The predicted molar refractivity (Wildman–Crippen MR) is 115 cm³/mol. The molecule has 5 rings (SSSR count). The number of aliphatic imine (C=N–C) groups is 1. The lowest BCUT2D eigenvalue weighted by Gasteiger charge is -2.23. The average Bonchev–Trinajstić information content (AvgIpc) is 3.34. The number of hydrogen-bond donors (Lipinski definition) is 1. The third-order valence-corrected chi connectivity index (χ3v) is 6.21. The summed E-state index contributed by atoms with van der Waals surface area (Å²) in [5, 5.41) is 17.9. The van der Waals surface area contributed by atoms with E-state index in [1.807, 2.05) is 6.07 Å². The van der Waals surface area contributed by atoms with Crippen molar-refractivity contribution in [2.45, 2.75) is 12.5 Å². The smallest absolute Gasteiger partial charge is 0.258 e. The molecular weight excluding hydrogens is 427 g/mol. The number of fused-ring (bicyclic) bond motifs is 1. The number of carbonyl (C=O) groups excluding carboxylic acids is 1. The van der Waals surface area contributed by atoms with Crippen LogP contribution in [0.1, 0.15) is 23.6 Å². The van der Waals surface area contributed by atoms with Crippen LogP contribution < -0.4 is 0 Å². The topological polar surface area (TPSA) is 78.2 Å². The molecule has 1 unspecified atom stereocenters. The Hall–Kier alpha value is -2.97. The van der Waals surface area contributed by atoms with E-state index < -0.39 is 6.04 Å². The van der Waals surface area contributed by atoms with E-state index in [1.165, 1.54) is 23.9 Å². The van der Waals surface area contributed by atoms with Gasteiger partial charge in [0.2, 0.25) is 0 Å². The van der Waals surface area contributed by atoms with Gasteiger partial charge in [-0.15, -0.1) is 0 Å². The highest BCUT2D eigenvalue weighted by Crippen LogP contribution is 2.40. The van der Waals surface area contributed by atoms with Gasteiger partial charge in [0.1, 0.15) is 16.7 Å². The number of hydrogen-bond acceptors (Lipinski definition) is 6. The summed E-state index contributed by atoms with van der Waals surface area (Å²) in [4.78, 5) is 20.2. The Morgan fingerprint density at radius 1 is 1.20 bits per heavy atom. The number of rotatable bonds is 2. The molecule has 1 atom stereocenters. The van der Waals surface area contributed by atoms with Gasteiger partial charge in [0.15, 0.2) is 5.17 Å². The minimum Gasteiger partial charge on any atom is -0.507 e. The number of amides is 1. The van der Waals surface area contributed by atoms with Gasteiger partial charge in [-0.1, -0.05) is 35.5 Å². The van der Waals surface area contributed by atoms with Gasteiger partial charge in [-0.2, -0.15) is 10.1 Å². The van der Waals surface area contributed by atoms with E-state index in [9.17, 15) is 14.3 Å². The van der Waals surface area contributed by atoms with E-state index in [0.29, 0.717) is 39.3 Å². The molecule has 0 fully saturated rings. The van der Waals surface area contributed by atoms with Gasteiger partial charge in [-0.25, -0.2) is 14.4 Å². The zero-order valence-electron chi connectivity index (χ0n) is 15.4. The van der Waals surface area contributed by atoms with E-state index in [4.69, 9.17) is 11.6 Å². The molecule has 6 nitrogen and oxygen atoms in total. The Labute approximate surface area is 180 Å². The number of aromatic nitrogens is 1. The first-order valence-electron chi connectivity index (χ1n) is 9.15. The summed E-state index contributed by atoms with van der Waals surface area (Å²) in [6, 6.07) is 12.6. The highest BCUT2D eigenvalue weighted by atomic mass is 35.5. The summed E-state index contributed by atoms with van der Waals surface area (Å²) < 4.78 is 13.8. The Kier molecular flexibility index (Phi) is 4.67. The molecule has 3 aromatic rings. The zero-order chi connectivity index (χ0) is 20.8. The lowest BCUT2D eigenvalue weighted by Crippen LogP contribution is -2.24. The van der Waals surface area contributed by atoms with Crippen LogP contribution in [0.5, 0.6) is 5.75 Å². The molecule has 1 N–H and O–H groups in total. The second kappa shape index (κ2) is 7.37. The van der Waals surface area contributed by atoms with Gasteiger partial charge >= 0.3 is 0 Å². The minimum absolute atomic E-state index is 0.110. The number of amidine groups is 1. The number of carbonyl (C=O) groups is 1. The maximum atomic E-state index is 13.8. The molecule has 1 aromatic heterocycles. The lowest BCUT2D eigenvalue weighted by molar-refractivity contribution is -0.115. The molecule has 0 bridgehead atoms. The van der Waals surface area contributed by atoms with Crippen LogP contribution in [0, 0.1) is 5.82 Å². The minimum atomic E-state index is -0.399. The van der Waals surface area contributed by atoms with Crippen molar-refractivity contribution < 1.29 is 14.3 Å². The van der Waals surface area contributed by atoms with Crippen molar-refractivity contribution in [3.05, 3.63) is 70.6 Å². The third-order valence-electron chi connectivity index (χ3n) is 4.98. The van der Waals surface area contributed by atoms with Gasteiger partial charge in [0.25, 0.3) is 5.91 Å². The summed E-state index contributed by atoms with van der Waals surface area (Å²) in [6.07, 6.45) is 0.410. The van der Waals surface area contributed by atoms with Gasteiger partial charge in [-0.05, 0) is 36.4 Å². The molecule has 150 valence electrons. The van der Waals surface area contributed by atoms with Crippen molar-refractivity contribution in [3.63, 3.8) is 0 Å². The number of phenolic OH excluding ortho intramolecular Hbond substituents is 1. The van der Waals surface area contributed by atoms with E-state index in [-0.39, 0.29) is 28.4 Å². The summed E-state index contributed by atoms with van der Waals surface area (Å²) in [5.74, 6) is -0.244. The summed E-state index contributed by atoms with van der Waals surface area (Å²) in [6.45, 7) is 0. The number of thioether (sulfide) groups is 1. The predicted octanol–water partition coefficient (Wildman–Crippen LogP) is 4.51. The fraction of sp³-hybridized carbons (Fsp3) is 0.143. The monoisotopic (exact) mass is 440 g/mol. The first-order chi connectivity index (χ1) is 14.5. The molecule has 2 aromatic carbocycles. The van der Waals surface area contributed by atoms with E-state index >= 15 is 0 Å². The average molecular weight is 441 g/mol. The Morgan fingerprint density at radius 2 is 2.03 bits per heavy atom. The van der Waals surface area contributed by atoms with Crippen LogP contribution in [-0.2, 0) is 4.79 Å². The number of pyridine rings is 1.